The highest BCUT2D eigenvalue weighted by molar-refractivity contribution is 7.26. The number of hydrogen-bond acceptors (Lipinski definition) is 4. The van der Waals surface area contributed by atoms with E-state index in [9.17, 15) is 0 Å². The van der Waals surface area contributed by atoms with Crippen molar-refractivity contribution in [1.29, 1.82) is 0 Å². The van der Waals surface area contributed by atoms with Gasteiger partial charge >= 0.3 is 0 Å². The SMILES string of the molecule is c1ccc(-c2nc(-c3ccccc3-n3c4ccccc4c4c5sc6ccccc6c5ccc43)nc(-n3c4ccccc4c4ccccc43)n2)cc1. The number of nitrogens with zero attached hydrogens (tertiary/aromatic N) is 5. The molecule has 5 nitrogen and oxygen atoms in total. The van der Waals surface area contributed by atoms with Crippen LogP contribution in [0, 0.1) is 0 Å². The van der Waals surface area contributed by atoms with E-state index in [1.165, 1.54) is 30.9 Å². The van der Waals surface area contributed by atoms with E-state index in [-0.39, 0.29) is 0 Å². The van der Waals surface area contributed by atoms with Crippen molar-refractivity contribution in [3.8, 4) is 34.4 Å². The van der Waals surface area contributed by atoms with Crippen LogP contribution in [0.3, 0.4) is 0 Å². The molecule has 0 atom stereocenters. The lowest BCUT2D eigenvalue weighted by molar-refractivity contribution is 0.951. The van der Waals surface area contributed by atoms with Crippen LogP contribution in [0.4, 0.5) is 0 Å². The molecule has 0 spiro atoms. The van der Waals surface area contributed by atoms with E-state index in [1.54, 1.807) is 0 Å². The van der Waals surface area contributed by atoms with Gasteiger partial charge in [0.2, 0.25) is 5.95 Å². The van der Waals surface area contributed by atoms with Crippen LogP contribution in [-0.4, -0.2) is 24.1 Å². The molecule has 11 aromatic rings. The summed E-state index contributed by atoms with van der Waals surface area (Å²) >= 11 is 1.87. The fraction of sp³-hybridized carbons (Fsp3) is 0. The summed E-state index contributed by atoms with van der Waals surface area (Å²) in [6, 6.07) is 57.6. The van der Waals surface area contributed by atoms with Crippen molar-refractivity contribution in [2.75, 3.05) is 0 Å². The molecular weight excluding hydrogens is 643 g/mol. The van der Waals surface area contributed by atoms with Gasteiger partial charge in [0.15, 0.2) is 11.6 Å². The number of fused-ring (bicyclic) bond motifs is 10. The Kier molecular flexibility index (Phi) is 6.05. The van der Waals surface area contributed by atoms with Crippen LogP contribution >= 0.6 is 11.3 Å². The van der Waals surface area contributed by atoms with Crippen molar-refractivity contribution in [2.24, 2.45) is 0 Å². The fourth-order valence-electron chi connectivity index (χ4n) is 7.79. The van der Waals surface area contributed by atoms with Gasteiger partial charge in [0, 0.05) is 52.8 Å². The van der Waals surface area contributed by atoms with Crippen molar-refractivity contribution in [3.05, 3.63) is 164 Å². The van der Waals surface area contributed by atoms with Crippen LogP contribution in [0.25, 0.3) is 98.2 Å². The molecule has 11 rings (SSSR count). The summed E-state index contributed by atoms with van der Waals surface area (Å²) in [7, 11) is 0. The van der Waals surface area contributed by atoms with E-state index in [0.717, 1.165) is 49.7 Å². The average Bonchev–Trinajstić information content (AvgIpc) is 3.86. The molecule has 0 amide bonds. The third-order valence-electron chi connectivity index (χ3n) is 10.0. The number of hydrogen-bond donors (Lipinski definition) is 0. The molecule has 238 valence electrons. The topological polar surface area (TPSA) is 48.5 Å². The fourth-order valence-corrected chi connectivity index (χ4v) is 9.05. The maximum absolute atomic E-state index is 5.31. The monoisotopic (exact) mass is 669 g/mol. The van der Waals surface area contributed by atoms with Crippen LogP contribution in [0.1, 0.15) is 0 Å². The van der Waals surface area contributed by atoms with Gasteiger partial charge in [0.1, 0.15) is 0 Å². The van der Waals surface area contributed by atoms with Crippen molar-refractivity contribution in [3.63, 3.8) is 0 Å². The Hall–Kier alpha value is -6.63. The molecular formula is C45H27N5S. The summed E-state index contributed by atoms with van der Waals surface area (Å²) in [5, 5.41) is 7.41. The Morgan fingerprint density at radius 2 is 0.980 bits per heavy atom. The number of rotatable bonds is 4. The summed E-state index contributed by atoms with van der Waals surface area (Å²) in [5.41, 5.74) is 7.29. The lowest BCUT2D eigenvalue weighted by atomic mass is 10.1. The van der Waals surface area contributed by atoms with Gasteiger partial charge in [-0.3, -0.25) is 4.57 Å². The standard InChI is InChI=1S/C45H27N5S/c1-2-14-28(15-3-1)43-46-44(48-45(47-43)50-35-21-9-4-16-29(35)30-17-5-10-22-36(30)50)34-20-7-12-24-38(34)49-37-23-11-6-19-33(37)41-39(49)27-26-32-31-18-8-13-25-40(31)51-42(32)41/h1-27H. The third kappa shape index (κ3) is 4.17. The quantitative estimate of drug-likeness (QED) is 0.187. The molecule has 0 fully saturated rings. The first-order valence-electron chi connectivity index (χ1n) is 17.0. The zero-order valence-electron chi connectivity index (χ0n) is 27.2. The van der Waals surface area contributed by atoms with Gasteiger partial charge in [0.25, 0.3) is 0 Å². The van der Waals surface area contributed by atoms with E-state index in [4.69, 9.17) is 15.0 Å². The number of thiophene rings is 1. The lowest BCUT2D eigenvalue weighted by Crippen LogP contribution is -2.07. The molecule has 0 aliphatic rings. The van der Waals surface area contributed by atoms with E-state index >= 15 is 0 Å². The Morgan fingerprint density at radius 1 is 0.392 bits per heavy atom. The van der Waals surface area contributed by atoms with Gasteiger partial charge in [-0.25, -0.2) is 4.98 Å². The summed E-state index contributed by atoms with van der Waals surface area (Å²) in [6.45, 7) is 0. The first-order valence-corrected chi connectivity index (χ1v) is 17.9. The highest BCUT2D eigenvalue weighted by Gasteiger charge is 2.22. The molecule has 6 heteroatoms. The van der Waals surface area contributed by atoms with Gasteiger partial charge in [-0.1, -0.05) is 121 Å². The minimum Gasteiger partial charge on any atom is -0.308 e. The molecule has 0 radical (unpaired) electrons. The molecule has 0 bridgehead atoms. The average molecular weight is 670 g/mol. The Labute approximate surface area is 296 Å². The Bertz CT molecular complexity index is 3100. The van der Waals surface area contributed by atoms with Crippen molar-refractivity contribution >= 4 is 75.1 Å². The maximum Gasteiger partial charge on any atom is 0.238 e. The van der Waals surface area contributed by atoms with E-state index in [1.807, 2.05) is 29.5 Å². The number of aromatic nitrogens is 5. The normalized spacial score (nSPS) is 11.9. The smallest absolute Gasteiger partial charge is 0.238 e. The van der Waals surface area contributed by atoms with E-state index in [2.05, 4.69) is 155 Å². The van der Waals surface area contributed by atoms with Crippen molar-refractivity contribution in [1.82, 2.24) is 24.1 Å². The highest BCUT2D eigenvalue weighted by Crippen LogP contribution is 2.44. The second-order valence-electron chi connectivity index (χ2n) is 12.8. The van der Waals surface area contributed by atoms with Crippen LogP contribution in [0.15, 0.2) is 164 Å². The minimum atomic E-state index is 0.584. The van der Waals surface area contributed by atoms with Gasteiger partial charge in [0.05, 0.1) is 27.8 Å². The van der Waals surface area contributed by atoms with Gasteiger partial charge in [-0.2, -0.15) is 9.97 Å². The van der Waals surface area contributed by atoms with Gasteiger partial charge < -0.3 is 4.57 Å². The van der Waals surface area contributed by atoms with Crippen LogP contribution in [0.2, 0.25) is 0 Å². The molecule has 0 N–H and O–H groups in total. The van der Waals surface area contributed by atoms with Crippen molar-refractivity contribution < 1.29 is 0 Å². The molecule has 0 saturated heterocycles. The summed E-state index contributed by atoms with van der Waals surface area (Å²) in [5.74, 6) is 1.83. The third-order valence-corrected chi connectivity index (χ3v) is 11.2. The molecule has 51 heavy (non-hydrogen) atoms. The second kappa shape index (κ2) is 10.9. The molecule has 4 aromatic heterocycles. The molecule has 0 aliphatic carbocycles. The van der Waals surface area contributed by atoms with Crippen LogP contribution in [-0.2, 0) is 0 Å². The Balaban J connectivity index is 1.22. The molecule has 0 aliphatic heterocycles. The van der Waals surface area contributed by atoms with Crippen LogP contribution < -0.4 is 0 Å². The van der Waals surface area contributed by atoms with Crippen molar-refractivity contribution in [2.45, 2.75) is 0 Å². The van der Waals surface area contributed by atoms with E-state index in [0.29, 0.717) is 17.6 Å². The predicted molar refractivity (Wildman–Crippen MR) is 212 cm³/mol. The molecule has 7 aromatic carbocycles. The molecule has 4 heterocycles. The number of para-hydroxylation sites is 4. The van der Waals surface area contributed by atoms with Gasteiger partial charge in [-0.15, -0.1) is 11.3 Å². The maximum atomic E-state index is 5.31. The summed E-state index contributed by atoms with van der Waals surface area (Å²) in [6.07, 6.45) is 0. The largest absolute Gasteiger partial charge is 0.308 e. The first-order chi connectivity index (χ1) is 25.3. The summed E-state index contributed by atoms with van der Waals surface area (Å²) < 4.78 is 7.16. The lowest BCUT2D eigenvalue weighted by Gasteiger charge is -2.15. The predicted octanol–water partition coefficient (Wildman–Crippen LogP) is 11.8. The number of benzene rings is 7. The Morgan fingerprint density at radius 3 is 1.75 bits per heavy atom. The minimum absolute atomic E-state index is 0.584. The zero-order chi connectivity index (χ0) is 33.5. The van der Waals surface area contributed by atoms with E-state index < -0.39 is 0 Å². The van der Waals surface area contributed by atoms with Gasteiger partial charge in [-0.05, 0) is 42.5 Å². The second-order valence-corrected chi connectivity index (χ2v) is 13.9. The zero-order valence-corrected chi connectivity index (χ0v) is 28.0. The van der Waals surface area contributed by atoms with Crippen LogP contribution in [0.5, 0.6) is 0 Å². The highest BCUT2D eigenvalue weighted by atomic mass is 32.1. The molecule has 0 saturated carbocycles. The summed E-state index contributed by atoms with van der Waals surface area (Å²) in [4.78, 5) is 15.7. The molecule has 0 unspecified atom stereocenters. The first kappa shape index (κ1) is 28.2.